The van der Waals surface area contributed by atoms with Gasteiger partial charge in [0.1, 0.15) is 0 Å². The summed E-state index contributed by atoms with van der Waals surface area (Å²) < 4.78 is 0. The highest BCUT2D eigenvalue weighted by molar-refractivity contribution is 7.81. The molecule has 2 rings (SSSR count). The Hall–Kier alpha value is -0.970. The third-order valence-corrected chi connectivity index (χ3v) is 2.30. The van der Waals surface area contributed by atoms with Gasteiger partial charge in [0.2, 0.25) is 5.96 Å². The minimum Gasteiger partial charge on any atom is -0.381 e. The van der Waals surface area contributed by atoms with E-state index in [2.05, 4.69) is 27.9 Å². The van der Waals surface area contributed by atoms with Gasteiger partial charge in [0.05, 0.1) is 17.8 Å². The van der Waals surface area contributed by atoms with Gasteiger partial charge in [-0.3, -0.25) is 0 Å². The van der Waals surface area contributed by atoms with Crippen LogP contribution in [0.5, 0.6) is 0 Å². The first-order chi connectivity index (χ1) is 5.81. The molecule has 0 saturated carbocycles. The molecular weight excluding hydrogens is 172 g/mol. The third-order valence-electron chi connectivity index (χ3n) is 1.97. The Morgan fingerprint density at radius 3 is 3.25 bits per heavy atom. The zero-order chi connectivity index (χ0) is 8.55. The van der Waals surface area contributed by atoms with Gasteiger partial charge in [-0.1, -0.05) is 0 Å². The van der Waals surface area contributed by atoms with Crippen molar-refractivity contribution in [1.82, 2.24) is 5.32 Å². The van der Waals surface area contributed by atoms with E-state index in [1.807, 2.05) is 12.3 Å². The van der Waals surface area contributed by atoms with E-state index in [1.54, 1.807) is 0 Å². The standard InChI is InChI=1S/C7H10N4S/c8-7-10-4-1-2-9-6(4)5(3-12)11-7/h1-2,4,6,9,12H,3H2,(H2,8,10). The van der Waals surface area contributed by atoms with Gasteiger partial charge in [-0.05, 0) is 12.3 Å². The lowest BCUT2D eigenvalue weighted by Gasteiger charge is -2.21. The number of hydrogen-bond acceptors (Lipinski definition) is 5. The smallest absolute Gasteiger partial charge is 0.216 e. The molecule has 2 heterocycles. The normalized spacial score (nSPS) is 32.1. The summed E-state index contributed by atoms with van der Waals surface area (Å²) in [5.41, 5.74) is 6.48. The first-order valence-electron chi connectivity index (χ1n) is 3.75. The highest BCUT2D eigenvalue weighted by atomic mass is 32.1. The second-order valence-electron chi connectivity index (χ2n) is 2.74. The van der Waals surface area contributed by atoms with E-state index in [0.29, 0.717) is 11.7 Å². The van der Waals surface area contributed by atoms with Crippen LogP contribution >= 0.6 is 12.6 Å². The minimum atomic E-state index is 0.115. The summed E-state index contributed by atoms with van der Waals surface area (Å²) >= 11 is 4.18. The molecule has 2 aliphatic rings. The van der Waals surface area contributed by atoms with Crippen molar-refractivity contribution in [2.45, 2.75) is 12.1 Å². The van der Waals surface area contributed by atoms with E-state index in [4.69, 9.17) is 5.73 Å². The van der Waals surface area contributed by atoms with Gasteiger partial charge in [-0.2, -0.15) is 12.6 Å². The summed E-state index contributed by atoms with van der Waals surface area (Å²) in [6.07, 6.45) is 3.87. The molecule has 12 heavy (non-hydrogen) atoms. The van der Waals surface area contributed by atoms with Gasteiger partial charge in [0, 0.05) is 5.75 Å². The predicted molar refractivity (Wildman–Crippen MR) is 52.8 cm³/mol. The van der Waals surface area contributed by atoms with Crippen molar-refractivity contribution < 1.29 is 0 Å². The summed E-state index contributed by atoms with van der Waals surface area (Å²) in [4.78, 5) is 8.28. The van der Waals surface area contributed by atoms with Crippen LogP contribution in [0.1, 0.15) is 0 Å². The number of nitrogens with zero attached hydrogens (tertiary/aromatic N) is 2. The van der Waals surface area contributed by atoms with E-state index in [1.165, 1.54) is 0 Å². The fourth-order valence-corrected chi connectivity index (χ4v) is 1.68. The van der Waals surface area contributed by atoms with Crippen LogP contribution in [0.15, 0.2) is 22.3 Å². The fourth-order valence-electron chi connectivity index (χ4n) is 1.41. The molecule has 0 aromatic heterocycles. The topological polar surface area (TPSA) is 62.8 Å². The molecule has 0 saturated heterocycles. The summed E-state index contributed by atoms with van der Waals surface area (Å²) in [5.74, 6) is 0.972. The Labute approximate surface area is 76.1 Å². The van der Waals surface area contributed by atoms with Gasteiger partial charge in [-0.25, -0.2) is 9.98 Å². The molecule has 0 spiro atoms. The number of nitrogens with two attached hydrogens (primary N) is 1. The van der Waals surface area contributed by atoms with Crippen molar-refractivity contribution in [2.24, 2.45) is 15.7 Å². The summed E-state index contributed by atoms with van der Waals surface area (Å²) in [7, 11) is 0. The van der Waals surface area contributed by atoms with Crippen LogP contribution in [0.2, 0.25) is 0 Å². The van der Waals surface area contributed by atoms with Crippen molar-refractivity contribution >= 4 is 24.3 Å². The summed E-state index contributed by atoms with van der Waals surface area (Å²) in [5, 5.41) is 3.16. The molecule has 0 fully saturated rings. The van der Waals surface area contributed by atoms with E-state index in [-0.39, 0.29) is 12.1 Å². The molecule has 2 unspecified atom stereocenters. The maximum atomic E-state index is 5.52. The van der Waals surface area contributed by atoms with E-state index >= 15 is 0 Å². The molecule has 0 aromatic carbocycles. The van der Waals surface area contributed by atoms with Gasteiger partial charge >= 0.3 is 0 Å². The lowest BCUT2D eigenvalue weighted by atomic mass is 10.1. The zero-order valence-electron chi connectivity index (χ0n) is 6.44. The van der Waals surface area contributed by atoms with Gasteiger partial charge in [0.15, 0.2) is 0 Å². The highest BCUT2D eigenvalue weighted by Crippen LogP contribution is 2.14. The Balaban J connectivity index is 2.29. The Bertz CT molecular complexity index is 281. The van der Waals surface area contributed by atoms with Crippen LogP contribution in [-0.4, -0.2) is 29.5 Å². The molecule has 0 aliphatic carbocycles. The molecule has 5 heteroatoms. The van der Waals surface area contributed by atoms with Crippen LogP contribution in [0.3, 0.4) is 0 Å². The van der Waals surface area contributed by atoms with E-state index < -0.39 is 0 Å². The Kier molecular flexibility index (Phi) is 1.80. The first-order valence-corrected chi connectivity index (χ1v) is 4.39. The zero-order valence-corrected chi connectivity index (χ0v) is 7.33. The van der Waals surface area contributed by atoms with Crippen LogP contribution in [0.4, 0.5) is 0 Å². The minimum absolute atomic E-state index is 0.115. The number of thiol groups is 1. The Morgan fingerprint density at radius 2 is 2.50 bits per heavy atom. The third kappa shape index (κ3) is 1.10. The van der Waals surface area contributed by atoms with Crippen LogP contribution < -0.4 is 11.1 Å². The summed E-state index contributed by atoms with van der Waals surface area (Å²) in [6, 6.07) is 0.291. The van der Waals surface area contributed by atoms with Gasteiger partial charge in [0.25, 0.3) is 0 Å². The Morgan fingerprint density at radius 1 is 1.67 bits per heavy atom. The predicted octanol–water partition coefficient (Wildman–Crippen LogP) is -0.460. The second kappa shape index (κ2) is 2.82. The lowest BCUT2D eigenvalue weighted by molar-refractivity contribution is 0.690. The molecule has 0 aromatic rings. The fraction of sp³-hybridized carbons (Fsp3) is 0.429. The van der Waals surface area contributed by atoms with Crippen LogP contribution in [-0.2, 0) is 0 Å². The van der Waals surface area contributed by atoms with Crippen LogP contribution in [0.25, 0.3) is 0 Å². The monoisotopic (exact) mass is 182 g/mol. The second-order valence-corrected chi connectivity index (χ2v) is 3.06. The quantitative estimate of drug-likeness (QED) is 0.480. The van der Waals surface area contributed by atoms with Crippen molar-refractivity contribution in [3.63, 3.8) is 0 Å². The van der Waals surface area contributed by atoms with Crippen molar-refractivity contribution in [3.05, 3.63) is 12.3 Å². The number of guanidine groups is 1. The molecular formula is C7H10N4S. The first kappa shape index (κ1) is 7.67. The van der Waals surface area contributed by atoms with E-state index in [9.17, 15) is 0 Å². The highest BCUT2D eigenvalue weighted by Gasteiger charge is 2.29. The molecule has 64 valence electrons. The molecule has 4 nitrogen and oxygen atoms in total. The maximum Gasteiger partial charge on any atom is 0.216 e. The van der Waals surface area contributed by atoms with Gasteiger partial charge in [-0.15, -0.1) is 0 Å². The van der Waals surface area contributed by atoms with Crippen molar-refractivity contribution in [1.29, 1.82) is 0 Å². The summed E-state index contributed by atoms with van der Waals surface area (Å²) in [6.45, 7) is 0. The van der Waals surface area contributed by atoms with Crippen molar-refractivity contribution in [3.8, 4) is 0 Å². The van der Waals surface area contributed by atoms with E-state index in [0.717, 1.165) is 5.71 Å². The maximum absolute atomic E-state index is 5.52. The van der Waals surface area contributed by atoms with Crippen molar-refractivity contribution in [2.75, 3.05) is 5.75 Å². The molecule has 0 radical (unpaired) electrons. The number of hydrogen-bond donors (Lipinski definition) is 3. The molecule has 2 atom stereocenters. The molecule has 3 N–H and O–H groups in total. The SMILES string of the molecule is NC1=NC2C=CNC2C(CS)=N1. The number of nitrogens with one attached hydrogen (secondary N) is 1. The molecule has 0 bridgehead atoms. The lowest BCUT2D eigenvalue weighted by Crippen LogP contribution is -2.43. The van der Waals surface area contributed by atoms with Gasteiger partial charge < -0.3 is 11.1 Å². The average molecular weight is 182 g/mol. The molecule has 0 amide bonds. The number of rotatable bonds is 1. The van der Waals surface area contributed by atoms with Crippen LogP contribution in [0, 0.1) is 0 Å². The number of fused-ring (bicyclic) bond motifs is 1. The molecule has 2 aliphatic heterocycles. The number of aliphatic imine (C=N–C) groups is 2. The average Bonchev–Trinajstić information content (AvgIpc) is 2.50. The largest absolute Gasteiger partial charge is 0.381 e.